The van der Waals surface area contributed by atoms with E-state index in [4.69, 9.17) is 4.74 Å². The van der Waals surface area contributed by atoms with Crippen LogP contribution in [0.5, 0.6) is 11.5 Å². The predicted octanol–water partition coefficient (Wildman–Crippen LogP) is 4.25. The Hall–Kier alpha value is -2.42. The summed E-state index contributed by atoms with van der Waals surface area (Å²) in [6, 6.07) is 13.5. The van der Waals surface area contributed by atoms with Crippen molar-refractivity contribution in [1.82, 2.24) is 4.57 Å². The Morgan fingerprint density at radius 2 is 1.95 bits per heavy atom. The molecule has 0 amide bonds. The maximum atomic E-state index is 9.72. The first kappa shape index (κ1) is 13.6. The summed E-state index contributed by atoms with van der Waals surface area (Å²) < 4.78 is 8.11. The maximum absolute atomic E-state index is 9.72. The summed E-state index contributed by atoms with van der Waals surface area (Å²) >= 11 is 0. The molecule has 3 heteroatoms. The molecular weight excluding hydrogens is 262 g/mol. The number of phenolic OH excluding ortho intramolecular Hbond substituents is 1. The molecule has 0 saturated heterocycles. The van der Waals surface area contributed by atoms with E-state index in [1.54, 1.807) is 12.1 Å². The minimum absolute atomic E-state index is 0.286. The summed E-state index contributed by atoms with van der Waals surface area (Å²) in [5, 5.41) is 10.8. The molecule has 0 atom stereocenters. The van der Waals surface area contributed by atoms with Crippen LogP contribution in [0.25, 0.3) is 10.9 Å². The van der Waals surface area contributed by atoms with Gasteiger partial charge in [-0.25, -0.2) is 0 Å². The van der Waals surface area contributed by atoms with E-state index in [2.05, 4.69) is 17.7 Å². The van der Waals surface area contributed by atoms with E-state index < -0.39 is 0 Å². The van der Waals surface area contributed by atoms with Crippen molar-refractivity contribution in [3.63, 3.8) is 0 Å². The lowest BCUT2D eigenvalue weighted by Gasteiger charge is -2.08. The van der Waals surface area contributed by atoms with Crippen LogP contribution in [0.2, 0.25) is 0 Å². The second-order valence-electron chi connectivity index (χ2n) is 5.20. The molecule has 0 fully saturated rings. The van der Waals surface area contributed by atoms with Crippen LogP contribution in [-0.2, 0) is 13.2 Å². The second-order valence-corrected chi connectivity index (χ2v) is 5.20. The van der Waals surface area contributed by atoms with Gasteiger partial charge in [0.15, 0.2) is 0 Å². The summed E-state index contributed by atoms with van der Waals surface area (Å²) in [6.45, 7) is 5.54. The zero-order chi connectivity index (χ0) is 14.8. The van der Waals surface area contributed by atoms with Gasteiger partial charge in [0.25, 0.3) is 0 Å². The Kier molecular flexibility index (Phi) is 3.57. The van der Waals surface area contributed by atoms with E-state index in [-0.39, 0.29) is 5.75 Å². The number of fused-ring (bicyclic) bond motifs is 1. The Bertz CT molecular complexity index is 774. The highest BCUT2D eigenvalue weighted by atomic mass is 16.5. The van der Waals surface area contributed by atoms with Gasteiger partial charge in [0.2, 0.25) is 0 Å². The first-order valence-electron chi connectivity index (χ1n) is 7.18. The van der Waals surface area contributed by atoms with E-state index in [0.29, 0.717) is 6.61 Å². The van der Waals surface area contributed by atoms with Crippen LogP contribution in [-0.4, -0.2) is 9.67 Å². The minimum Gasteiger partial charge on any atom is -0.508 e. The lowest BCUT2D eigenvalue weighted by atomic mass is 10.1. The number of hydrogen-bond donors (Lipinski definition) is 1. The molecule has 0 aliphatic carbocycles. The molecule has 1 N–H and O–H groups in total. The number of aryl methyl sites for hydroxylation is 2. The summed E-state index contributed by atoms with van der Waals surface area (Å²) in [5.74, 6) is 1.18. The quantitative estimate of drug-likeness (QED) is 0.775. The number of rotatable bonds is 4. The monoisotopic (exact) mass is 281 g/mol. The molecule has 3 rings (SSSR count). The molecule has 2 aromatic carbocycles. The zero-order valence-corrected chi connectivity index (χ0v) is 12.3. The molecule has 0 unspecified atom stereocenters. The molecule has 1 aromatic heterocycles. The fourth-order valence-electron chi connectivity index (χ4n) is 2.61. The number of hydrogen-bond acceptors (Lipinski definition) is 2. The molecule has 0 bridgehead atoms. The summed E-state index contributed by atoms with van der Waals surface area (Å²) in [7, 11) is 0. The smallest absolute Gasteiger partial charge is 0.122 e. The zero-order valence-electron chi connectivity index (χ0n) is 12.3. The van der Waals surface area contributed by atoms with Gasteiger partial charge in [-0.1, -0.05) is 18.2 Å². The second kappa shape index (κ2) is 5.52. The average Bonchev–Trinajstić information content (AvgIpc) is 2.83. The first-order chi connectivity index (χ1) is 10.2. The highest BCUT2D eigenvalue weighted by molar-refractivity contribution is 5.85. The van der Waals surface area contributed by atoms with Gasteiger partial charge in [-0.2, -0.15) is 0 Å². The lowest BCUT2D eigenvalue weighted by Crippen LogP contribution is -1.96. The van der Waals surface area contributed by atoms with Gasteiger partial charge < -0.3 is 14.4 Å². The van der Waals surface area contributed by atoms with E-state index in [0.717, 1.165) is 34.3 Å². The Balaban J connectivity index is 1.93. The molecule has 21 heavy (non-hydrogen) atoms. The normalized spacial score (nSPS) is 11.0. The number of benzene rings is 2. The van der Waals surface area contributed by atoms with Crippen LogP contribution < -0.4 is 4.74 Å². The van der Waals surface area contributed by atoms with Crippen molar-refractivity contribution in [1.29, 1.82) is 0 Å². The van der Waals surface area contributed by atoms with Gasteiger partial charge in [-0.05, 0) is 43.7 Å². The number of phenols is 1. The van der Waals surface area contributed by atoms with Crippen molar-refractivity contribution in [2.24, 2.45) is 0 Å². The number of ether oxygens (including phenoxy) is 1. The topological polar surface area (TPSA) is 34.4 Å². The van der Waals surface area contributed by atoms with Crippen molar-refractivity contribution >= 4 is 10.9 Å². The molecule has 3 nitrogen and oxygen atoms in total. The first-order valence-corrected chi connectivity index (χ1v) is 7.18. The van der Waals surface area contributed by atoms with E-state index in [9.17, 15) is 5.11 Å². The van der Waals surface area contributed by atoms with Gasteiger partial charge in [-0.15, -0.1) is 0 Å². The standard InChI is InChI=1S/C18H19NO2/c1-3-19-11-14(16-10-15(20)8-9-17(16)19)12-21-18-7-5-4-6-13(18)2/h4-11,20H,3,12H2,1-2H3. The van der Waals surface area contributed by atoms with Crippen molar-refractivity contribution in [2.75, 3.05) is 0 Å². The fourth-order valence-corrected chi connectivity index (χ4v) is 2.61. The molecule has 0 aliphatic rings. The van der Waals surface area contributed by atoms with Crippen LogP contribution in [0.15, 0.2) is 48.7 Å². The third-order valence-corrected chi connectivity index (χ3v) is 3.76. The Morgan fingerprint density at radius 3 is 2.71 bits per heavy atom. The molecule has 0 aliphatic heterocycles. The molecule has 0 saturated carbocycles. The van der Waals surface area contributed by atoms with E-state index in [1.807, 2.05) is 37.3 Å². The van der Waals surface area contributed by atoms with Crippen molar-refractivity contribution < 1.29 is 9.84 Å². The van der Waals surface area contributed by atoms with Crippen LogP contribution in [0.3, 0.4) is 0 Å². The van der Waals surface area contributed by atoms with Gasteiger partial charge in [0.05, 0.1) is 0 Å². The largest absolute Gasteiger partial charge is 0.508 e. The fraction of sp³-hybridized carbons (Fsp3) is 0.222. The van der Waals surface area contributed by atoms with Crippen LogP contribution >= 0.6 is 0 Å². The number of aromatic nitrogens is 1. The molecule has 0 radical (unpaired) electrons. The SMILES string of the molecule is CCn1cc(COc2ccccc2C)c2cc(O)ccc21. The molecule has 0 spiro atoms. The van der Waals surface area contributed by atoms with Gasteiger partial charge in [0.1, 0.15) is 18.1 Å². The molecular formula is C18H19NO2. The van der Waals surface area contributed by atoms with Crippen molar-refractivity contribution in [2.45, 2.75) is 27.0 Å². The van der Waals surface area contributed by atoms with Crippen molar-refractivity contribution in [3.8, 4) is 11.5 Å². The van der Waals surface area contributed by atoms with E-state index >= 15 is 0 Å². The Morgan fingerprint density at radius 1 is 1.14 bits per heavy atom. The third kappa shape index (κ3) is 2.59. The predicted molar refractivity (Wildman–Crippen MR) is 84.8 cm³/mol. The Labute approximate surface area is 124 Å². The molecule has 3 aromatic rings. The molecule has 108 valence electrons. The van der Waals surface area contributed by atoms with Gasteiger partial charge in [0, 0.05) is 29.2 Å². The van der Waals surface area contributed by atoms with Gasteiger partial charge in [-0.3, -0.25) is 0 Å². The number of aromatic hydroxyl groups is 1. The molecule has 1 heterocycles. The lowest BCUT2D eigenvalue weighted by molar-refractivity contribution is 0.305. The van der Waals surface area contributed by atoms with Crippen LogP contribution in [0.1, 0.15) is 18.1 Å². The minimum atomic E-state index is 0.286. The summed E-state index contributed by atoms with van der Waals surface area (Å²) in [4.78, 5) is 0. The third-order valence-electron chi connectivity index (χ3n) is 3.76. The highest BCUT2D eigenvalue weighted by Crippen LogP contribution is 2.27. The van der Waals surface area contributed by atoms with Gasteiger partial charge >= 0.3 is 0 Å². The van der Waals surface area contributed by atoms with Crippen LogP contribution in [0, 0.1) is 6.92 Å². The van der Waals surface area contributed by atoms with Crippen LogP contribution in [0.4, 0.5) is 0 Å². The highest BCUT2D eigenvalue weighted by Gasteiger charge is 2.09. The maximum Gasteiger partial charge on any atom is 0.122 e. The van der Waals surface area contributed by atoms with Crippen molar-refractivity contribution in [3.05, 3.63) is 59.8 Å². The summed E-state index contributed by atoms with van der Waals surface area (Å²) in [5.41, 5.74) is 3.34. The average molecular weight is 281 g/mol. The number of para-hydroxylation sites is 1. The summed E-state index contributed by atoms with van der Waals surface area (Å²) in [6.07, 6.45) is 2.10. The van der Waals surface area contributed by atoms with E-state index in [1.165, 1.54) is 0 Å². The number of nitrogens with zero attached hydrogens (tertiary/aromatic N) is 1.